The number of aliphatic hydroxyl groups excluding tert-OH is 2. The quantitative estimate of drug-likeness (QED) is 0.467. The molecule has 3 aliphatic rings. The number of nitrogens with zero attached hydrogens (tertiary/aromatic N) is 2. The fraction of sp³-hybridized carbons (Fsp3) is 0.875. The zero-order valence-corrected chi connectivity index (χ0v) is 14.0. The second-order valence-electron chi connectivity index (χ2n) is 7.19. The second-order valence-corrected chi connectivity index (χ2v) is 7.19. The van der Waals surface area contributed by atoms with Gasteiger partial charge < -0.3 is 30.6 Å². The third-order valence-electron chi connectivity index (χ3n) is 5.26. The van der Waals surface area contributed by atoms with Gasteiger partial charge in [-0.3, -0.25) is 9.59 Å². The molecular formula is C16H28N4O4. The van der Waals surface area contributed by atoms with Crippen molar-refractivity contribution in [2.24, 2.45) is 0 Å². The zero-order chi connectivity index (χ0) is 17.1. The van der Waals surface area contributed by atoms with Gasteiger partial charge >= 0.3 is 0 Å². The van der Waals surface area contributed by atoms with E-state index in [1.165, 1.54) is 0 Å². The van der Waals surface area contributed by atoms with Gasteiger partial charge in [-0.1, -0.05) is 0 Å². The Morgan fingerprint density at radius 1 is 0.750 bits per heavy atom. The molecule has 2 atom stereocenters. The summed E-state index contributed by atoms with van der Waals surface area (Å²) < 4.78 is 0. The van der Waals surface area contributed by atoms with E-state index in [9.17, 15) is 19.8 Å². The summed E-state index contributed by atoms with van der Waals surface area (Å²) >= 11 is 0. The average molecular weight is 340 g/mol. The maximum atomic E-state index is 12.3. The summed E-state index contributed by atoms with van der Waals surface area (Å²) in [5.74, 6) is -0.273. The van der Waals surface area contributed by atoms with Gasteiger partial charge in [-0.05, 0) is 25.7 Å². The first kappa shape index (κ1) is 17.6. The topological polar surface area (TPSA) is 105 Å². The highest BCUT2D eigenvalue weighted by Crippen LogP contribution is 2.13. The summed E-state index contributed by atoms with van der Waals surface area (Å²) in [6.07, 6.45) is 2.36. The highest BCUT2D eigenvalue weighted by Gasteiger charge is 2.36. The lowest BCUT2D eigenvalue weighted by Gasteiger charge is -2.37. The minimum Gasteiger partial charge on any atom is -0.393 e. The van der Waals surface area contributed by atoms with Crippen LogP contribution in [0.5, 0.6) is 0 Å². The first-order valence-electron chi connectivity index (χ1n) is 8.93. The number of hydrogen-bond donors (Lipinski definition) is 4. The van der Waals surface area contributed by atoms with Crippen LogP contribution in [0.3, 0.4) is 0 Å². The molecule has 0 aromatic carbocycles. The van der Waals surface area contributed by atoms with Crippen molar-refractivity contribution < 1.29 is 19.8 Å². The molecule has 8 heteroatoms. The molecule has 3 rings (SSSR count). The third-order valence-corrected chi connectivity index (χ3v) is 5.26. The molecule has 3 heterocycles. The first-order valence-corrected chi connectivity index (χ1v) is 8.93. The molecule has 0 aromatic heterocycles. The van der Waals surface area contributed by atoms with Crippen LogP contribution in [0.4, 0.5) is 0 Å². The summed E-state index contributed by atoms with van der Waals surface area (Å²) in [5.41, 5.74) is 0. The first-order chi connectivity index (χ1) is 11.5. The lowest BCUT2D eigenvalue weighted by Crippen LogP contribution is -2.67. The normalized spacial score (nSPS) is 31.8. The molecule has 0 aliphatic carbocycles. The third kappa shape index (κ3) is 4.44. The molecule has 3 saturated heterocycles. The smallest absolute Gasteiger partial charge is 0.244 e. The van der Waals surface area contributed by atoms with Crippen molar-refractivity contribution in [1.29, 1.82) is 0 Å². The average Bonchev–Trinajstić information content (AvgIpc) is 2.56. The molecule has 136 valence electrons. The number of piperazine rings is 1. The number of rotatable bonds is 4. The number of hydrogen-bond acceptors (Lipinski definition) is 6. The van der Waals surface area contributed by atoms with Gasteiger partial charge in [0.25, 0.3) is 0 Å². The van der Waals surface area contributed by atoms with Crippen molar-refractivity contribution in [3.05, 3.63) is 0 Å². The van der Waals surface area contributed by atoms with Crippen LogP contribution in [0, 0.1) is 0 Å². The monoisotopic (exact) mass is 340 g/mol. The number of carbonyl (C=O) groups is 2. The van der Waals surface area contributed by atoms with E-state index in [1.54, 1.807) is 0 Å². The van der Waals surface area contributed by atoms with Crippen LogP contribution in [-0.2, 0) is 9.59 Å². The summed E-state index contributed by atoms with van der Waals surface area (Å²) in [6.45, 7) is 3.99. The number of likely N-dealkylation sites (tertiary alicyclic amines) is 2. The highest BCUT2D eigenvalue weighted by molar-refractivity contribution is 5.97. The van der Waals surface area contributed by atoms with Crippen LogP contribution in [0.2, 0.25) is 0 Å². The van der Waals surface area contributed by atoms with Crippen molar-refractivity contribution in [3.8, 4) is 0 Å². The Kier molecular flexibility index (Phi) is 5.70. The van der Waals surface area contributed by atoms with Gasteiger partial charge in [0.1, 0.15) is 12.1 Å². The number of carbonyl (C=O) groups excluding carboxylic acids is 2. The molecule has 0 saturated carbocycles. The molecule has 0 unspecified atom stereocenters. The van der Waals surface area contributed by atoms with Crippen LogP contribution in [-0.4, -0.2) is 95.4 Å². The number of aliphatic hydroxyl groups is 2. The lowest BCUT2D eigenvalue weighted by molar-refractivity contribution is -0.138. The van der Waals surface area contributed by atoms with E-state index < -0.39 is 12.1 Å². The molecule has 2 amide bonds. The van der Waals surface area contributed by atoms with E-state index in [-0.39, 0.29) is 24.0 Å². The Labute approximate surface area is 142 Å². The van der Waals surface area contributed by atoms with Crippen LogP contribution in [0.15, 0.2) is 0 Å². The Hall–Kier alpha value is -1.22. The van der Waals surface area contributed by atoms with Gasteiger partial charge in [-0.25, -0.2) is 0 Å². The van der Waals surface area contributed by atoms with Crippen LogP contribution < -0.4 is 10.6 Å². The second kappa shape index (κ2) is 7.77. The van der Waals surface area contributed by atoms with Crippen LogP contribution >= 0.6 is 0 Å². The summed E-state index contributed by atoms with van der Waals surface area (Å²) in [5, 5.41) is 24.8. The standard InChI is InChI=1S/C16H28N4O4/c21-11-1-5-19(6-2-11)9-13-15(23)18-14(16(24)17-13)10-20-7-3-12(22)4-8-20/h11-14,21-22H,1-10H2,(H,17,24)(H,18,23)/t13-,14-/m1/s1. The molecule has 8 nitrogen and oxygen atoms in total. The lowest BCUT2D eigenvalue weighted by atomic mass is 10.0. The van der Waals surface area contributed by atoms with Crippen molar-refractivity contribution >= 4 is 11.8 Å². The van der Waals surface area contributed by atoms with Gasteiger partial charge in [0.2, 0.25) is 11.8 Å². The Bertz CT molecular complexity index is 417. The number of nitrogens with one attached hydrogen (secondary N) is 2. The molecule has 0 bridgehead atoms. The predicted molar refractivity (Wildman–Crippen MR) is 87.2 cm³/mol. The summed E-state index contributed by atoms with van der Waals surface area (Å²) in [7, 11) is 0. The molecule has 0 spiro atoms. The van der Waals surface area contributed by atoms with Gasteiger partial charge in [0.15, 0.2) is 0 Å². The van der Waals surface area contributed by atoms with Crippen molar-refractivity contribution in [1.82, 2.24) is 20.4 Å². The fourth-order valence-electron chi connectivity index (χ4n) is 3.65. The SMILES string of the molecule is O=C1N[C@H](CN2CCC(O)CC2)C(=O)N[C@@H]1CN1CCC(O)CC1. The van der Waals surface area contributed by atoms with Gasteiger partial charge in [-0.15, -0.1) is 0 Å². The van der Waals surface area contributed by atoms with Crippen LogP contribution in [0.25, 0.3) is 0 Å². The maximum Gasteiger partial charge on any atom is 0.244 e. The van der Waals surface area contributed by atoms with Crippen LogP contribution in [0.1, 0.15) is 25.7 Å². The van der Waals surface area contributed by atoms with E-state index in [4.69, 9.17) is 0 Å². The Morgan fingerprint density at radius 3 is 1.42 bits per heavy atom. The van der Waals surface area contributed by atoms with E-state index >= 15 is 0 Å². The van der Waals surface area contributed by atoms with E-state index in [1.807, 2.05) is 0 Å². The largest absolute Gasteiger partial charge is 0.393 e. The number of piperidine rings is 2. The van der Waals surface area contributed by atoms with E-state index in [2.05, 4.69) is 20.4 Å². The molecule has 4 N–H and O–H groups in total. The molecule has 3 aliphatic heterocycles. The Balaban J connectivity index is 1.47. The highest BCUT2D eigenvalue weighted by atomic mass is 16.3. The Morgan fingerprint density at radius 2 is 1.08 bits per heavy atom. The summed E-state index contributed by atoms with van der Waals surface area (Å²) in [6, 6.07) is -1.04. The van der Waals surface area contributed by atoms with Gasteiger partial charge in [0.05, 0.1) is 12.2 Å². The molecule has 0 aromatic rings. The van der Waals surface area contributed by atoms with Gasteiger partial charge in [-0.2, -0.15) is 0 Å². The molecule has 3 fully saturated rings. The maximum absolute atomic E-state index is 12.3. The fourth-order valence-corrected chi connectivity index (χ4v) is 3.65. The molecule has 24 heavy (non-hydrogen) atoms. The van der Waals surface area contributed by atoms with Gasteiger partial charge in [0, 0.05) is 39.3 Å². The minimum absolute atomic E-state index is 0.136. The van der Waals surface area contributed by atoms with Crippen molar-refractivity contribution in [2.75, 3.05) is 39.3 Å². The van der Waals surface area contributed by atoms with E-state index in [0.29, 0.717) is 38.8 Å². The van der Waals surface area contributed by atoms with E-state index in [0.717, 1.165) is 26.2 Å². The summed E-state index contributed by atoms with van der Waals surface area (Å²) in [4.78, 5) is 28.9. The van der Waals surface area contributed by atoms with Crippen molar-refractivity contribution in [3.63, 3.8) is 0 Å². The number of amides is 2. The predicted octanol–water partition coefficient (Wildman–Crippen LogP) is -2.12. The minimum atomic E-state index is -0.521. The zero-order valence-electron chi connectivity index (χ0n) is 14.0. The molecular weight excluding hydrogens is 312 g/mol. The molecule has 0 radical (unpaired) electrons. The van der Waals surface area contributed by atoms with Crippen molar-refractivity contribution in [2.45, 2.75) is 50.0 Å².